The van der Waals surface area contributed by atoms with Crippen LogP contribution in [-0.2, 0) is 0 Å². The molecule has 5 nitrogen and oxygen atoms in total. The zero-order valence-electron chi connectivity index (χ0n) is 12.7. The number of anilines is 2. The standard InChI is InChI=1S/C14H23N3O2S/c1-6-9(18)12-11(15)10(13(19)16-4)14(20-12)17(5)7-8(2)3/h8H,6-7,15H2,1-5H3,(H,16,19). The third kappa shape index (κ3) is 3.30. The molecule has 0 aromatic carbocycles. The van der Waals surface area contributed by atoms with Gasteiger partial charge in [-0.2, -0.15) is 0 Å². The average Bonchev–Trinajstić information content (AvgIpc) is 2.74. The summed E-state index contributed by atoms with van der Waals surface area (Å²) in [5.41, 5.74) is 6.74. The summed E-state index contributed by atoms with van der Waals surface area (Å²) >= 11 is 1.30. The van der Waals surface area contributed by atoms with Crippen LogP contribution in [0.5, 0.6) is 0 Å². The molecule has 0 fully saturated rings. The molecule has 0 spiro atoms. The van der Waals surface area contributed by atoms with Crippen LogP contribution < -0.4 is 16.0 Å². The fraction of sp³-hybridized carbons (Fsp3) is 0.571. The molecule has 0 unspecified atom stereocenters. The van der Waals surface area contributed by atoms with Crippen LogP contribution in [0.1, 0.15) is 47.2 Å². The summed E-state index contributed by atoms with van der Waals surface area (Å²) in [6, 6.07) is 0. The second-order valence-corrected chi connectivity index (χ2v) is 6.15. The van der Waals surface area contributed by atoms with Gasteiger partial charge in [0.15, 0.2) is 5.78 Å². The quantitative estimate of drug-likeness (QED) is 0.790. The van der Waals surface area contributed by atoms with Crippen LogP contribution in [-0.4, -0.2) is 32.3 Å². The summed E-state index contributed by atoms with van der Waals surface area (Å²) in [4.78, 5) is 26.5. The molecule has 20 heavy (non-hydrogen) atoms. The minimum atomic E-state index is -0.250. The lowest BCUT2D eigenvalue weighted by Gasteiger charge is -2.21. The Kier molecular flexibility index (Phi) is 5.56. The third-order valence-corrected chi connectivity index (χ3v) is 4.30. The number of amides is 1. The Balaban J connectivity index is 3.34. The van der Waals surface area contributed by atoms with Crippen LogP contribution in [0.15, 0.2) is 0 Å². The van der Waals surface area contributed by atoms with Gasteiger partial charge in [0.2, 0.25) is 0 Å². The Morgan fingerprint density at radius 1 is 1.40 bits per heavy atom. The largest absolute Gasteiger partial charge is 0.397 e. The first-order chi connectivity index (χ1) is 9.33. The first-order valence-corrected chi connectivity index (χ1v) is 7.53. The maximum absolute atomic E-state index is 12.0. The number of hydrogen-bond donors (Lipinski definition) is 2. The number of nitrogen functional groups attached to an aromatic ring is 1. The fourth-order valence-electron chi connectivity index (χ4n) is 2.04. The van der Waals surface area contributed by atoms with E-state index in [1.54, 1.807) is 14.0 Å². The second-order valence-electron chi connectivity index (χ2n) is 5.16. The van der Waals surface area contributed by atoms with E-state index in [-0.39, 0.29) is 11.7 Å². The monoisotopic (exact) mass is 297 g/mol. The normalized spacial score (nSPS) is 10.7. The Morgan fingerprint density at radius 3 is 2.45 bits per heavy atom. The fourth-order valence-corrected chi connectivity index (χ4v) is 3.24. The van der Waals surface area contributed by atoms with Crippen LogP contribution in [0.25, 0.3) is 0 Å². The summed E-state index contributed by atoms with van der Waals surface area (Å²) in [7, 11) is 3.48. The SMILES string of the molecule is CCC(=O)c1sc(N(C)CC(C)C)c(C(=O)NC)c1N. The molecule has 3 N–H and O–H groups in total. The van der Waals surface area contributed by atoms with Gasteiger partial charge in [-0.25, -0.2) is 0 Å². The van der Waals surface area contributed by atoms with Gasteiger partial charge in [-0.05, 0) is 5.92 Å². The molecule has 112 valence electrons. The van der Waals surface area contributed by atoms with Crippen molar-refractivity contribution < 1.29 is 9.59 Å². The van der Waals surface area contributed by atoms with Crippen molar-refractivity contribution in [3.8, 4) is 0 Å². The van der Waals surface area contributed by atoms with Crippen molar-refractivity contribution >= 4 is 33.7 Å². The zero-order valence-corrected chi connectivity index (χ0v) is 13.6. The van der Waals surface area contributed by atoms with Crippen LogP contribution >= 0.6 is 11.3 Å². The van der Waals surface area contributed by atoms with Gasteiger partial charge < -0.3 is 16.0 Å². The topological polar surface area (TPSA) is 75.4 Å². The summed E-state index contributed by atoms with van der Waals surface area (Å²) < 4.78 is 0. The van der Waals surface area contributed by atoms with Gasteiger partial charge in [0.05, 0.1) is 16.1 Å². The first kappa shape index (κ1) is 16.5. The predicted molar refractivity (Wildman–Crippen MR) is 84.9 cm³/mol. The molecule has 1 amide bonds. The predicted octanol–water partition coefficient (Wildman–Crippen LogP) is 2.37. The van der Waals surface area contributed by atoms with Gasteiger partial charge in [0, 0.05) is 27.1 Å². The van der Waals surface area contributed by atoms with E-state index in [1.165, 1.54) is 11.3 Å². The molecule has 0 aliphatic heterocycles. The maximum atomic E-state index is 12.0. The van der Waals surface area contributed by atoms with Gasteiger partial charge in [-0.1, -0.05) is 20.8 Å². The van der Waals surface area contributed by atoms with Gasteiger partial charge >= 0.3 is 0 Å². The molecular formula is C14H23N3O2S. The Morgan fingerprint density at radius 2 is 2.00 bits per heavy atom. The zero-order chi connectivity index (χ0) is 15.4. The number of nitrogens with zero attached hydrogens (tertiary/aromatic N) is 1. The highest BCUT2D eigenvalue weighted by atomic mass is 32.1. The summed E-state index contributed by atoms with van der Waals surface area (Å²) in [6.45, 7) is 6.79. The highest BCUT2D eigenvalue weighted by molar-refractivity contribution is 7.19. The first-order valence-electron chi connectivity index (χ1n) is 6.72. The molecule has 0 saturated heterocycles. The van der Waals surface area contributed by atoms with Crippen molar-refractivity contribution in [2.24, 2.45) is 5.92 Å². The van der Waals surface area contributed by atoms with E-state index in [0.29, 0.717) is 28.5 Å². The molecule has 1 aromatic heterocycles. The number of ketones is 1. The van der Waals surface area contributed by atoms with Crippen molar-refractivity contribution in [3.63, 3.8) is 0 Å². The van der Waals surface area contributed by atoms with Crippen molar-refractivity contribution in [1.82, 2.24) is 5.32 Å². The second kappa shape index (κ2) is 6.74. The number of nitrogens with one attached hydrogen (secondary N) is 1. The number of rotatable bonds is 6. The molecule has 1 aromatic rings. The van der Waals surface area contributed by atoms with E-state index in [9.17, 15) is 9.59 Å². The molecule has 0 bridgehead atoms. The van der Waals surface area contributed by atoms with Gasteiger partial charge in [0.25, 0.3) is 5.91 Å². The molecule has 6 heteroatoms. The lowest BCUT2D eigenvalue weighted by atomic mass is 10.1. The number of Topliss-reactive ketones (excluding diaryl/α,β-unsaturated/α-hetero) is 1. The molecule has 1 heterocycles. The van der Waals surface area contributed by atoms with E-state index < -0.39 is 0 Å². The molecular weight excluding hydrogens is 274 g/mol. The smallest absolute Gasteiger partial charge is 0.256 e. The van der Waals surface area contributed by atoms with E-state index >= 15 is 0 Å². The van der Waals surface area contributed by atoms with Crippen molar-refractivity contribution in [2.45, 2.75) is 27.2 Å². The molecule has 1 rings (SSSR count). The summed E-state index contributed by atoms with van der Waals surface area (Å²) in [6.07, 6.45) is 0.380. The van der Waals surface area contributed by atoms with E-state index in [4.69, 9.17) is 5.73 Å². The van der Waals surface area contributed by atoms with Crippen molar-refractivity contribution in [2.75, 3.05) is 31.3 Å². The minimum absolute atomic E-state index is 0.0261. The summed E-state index contributed by atoms with van der Waals surface area (Å²) in [5.74, 6) is 0.174. The van der Waals surface area contributed by atoms with Gasteiger partial charge in [0.1, 0.15) is 5.00 Å². The van der Waals surface area contributed by atoms with Crippen molar-refractivity contribution in [3.05, 3.63) is 10.4 Å². The van der Waals surface area contributed by atoms with Crippen LogP contribution in [0.2, 0.25) is 0 Å². The van der Waals surface area contributed by atoms with Crippen molar-refractivity contribution in [1.29, 1.82) is 0 Å². The molecule has 0 atom stereocenters. The highest BCUT2D eigenvalue weighted by Crippen LogP contribution is 2.38. The number of hydrogen-bond acceptors (Lipinski definition) is 5. The minimum Gasteiger partial charge on any atom is -0.397 e. The lowest BCUT2D eigenvalue weighted by molar-refractivity contribution is 0.0964. The Hall–Kier alpha value is -1.56. The lowest BCUT2D eigenvalue weighted by Crippen LogP contribution is -2.26. The number of nitrogens with two attached hydrogens (primary N) is 1. The maximum Gasteiger partial charge on any atom is 0.256 e. The third-order valence-electron chi connectivity index (χ3n) is 2.94. The van der Waals surface area contributed by atoms with E-state index in [2.05, 4.69) is 19.2 Å². The number of carbonyl (C=O) groups excluding carboxylic acids is 2. The Labute approximate surface area is 124 Å². The molecule has 0 saturated carbocycles. The van der Waals surface area contributed by atoms with E-state index in [0.717, 1.165) is 11.5 Å². The van der Waals surface area contributed by atoms with Crippen LogP contribution in [0.4, 0.5) is 10.7 Å². The molecule has 0 aliphatic carbocycles. The average molecular weight is 297 g/mol. The molecule has 0 aliphatic rings. The van der Waals surface area contributed by atoms with Crippen LogP contribution in [0, 0.1) is 5.92 Å². The van der Waals surface area contributed by atoms with E-state index in [1.807, 2.05) is 11.9 Å². The Bertz CT molecular complexity index is 509. The van der Waals surface area contributed by atoms with Gasteiger partial charge in [-0.15, -0.1) is 11.3 Å². The summed E-state index contributed by atoms with van der Waals surface area (Å²) in [5, 5.41) is 3.35. The highest BCUT2D eigenvalue weighted by Gasteiger charge is 2.26. The number of thiophene rings is 1. The van der Waals surface area contributed by atoms with Gasteiger partial charge in [-0.3, -0.25) is 9.59 Å². The van der Waals surface area contributed by atoms with Crippen LogP contribution in [0.3, 0.4) is 0 Å². The number of carbonyl (C=O) groups is 2. The molecule has 0 radical (unpaired) electrons.